The smallest absolute Gasteiger partial charge is 0.325 e. The number of hydrogen-bond donors (Lipinski definition) is 1. The van der Waals surface area contributed by atoms with Gasteiger partial charge in [0.1, 0.15) is 6.54 Å². The van der Waals surface area contributed by atoms with E-state index in [-0.39, 0.29) is 18.3 Å². The first-order valence-corrected chi connectivity index (χ1v) is 5.90. The average molecular weight is 255 g/mol. The lowest BCUT2D eigenvalue weighted by Gasteiger charge is -2.08. The van der Waals surface area contributed by atoms with Gasteiger partial charge in [-0.1, -0.05) is 13.3 Å². The van der Waals surface area contributed by atoms with Gasteiger partial charge in [0.25, 0.3) is 0 Å². The molecule has 1 aromatic carbocycles. The van der Waals surface area contributed by atoms with Crippen molar-refractivity contribution >= 4 is 11.7 Å². The van der Waals surface area contributed by atoms with Crippen LogP contribution in [0.15, 0.2) is 18.2 Å². The predicted octanol–water partition coefficient (Wildman–Crippen LogP) is 2.59. The van der Waals surface area contributed by atoms with Gasteiger partial charge in [0.05, 0.1) is 13.7 Å². The molecule has 1 rings (SSSR count). The van der Waals surface area contributed by atoms with Crippen LogP contribution in [0.25, 0.3) is 0 Å². The third-order valence-electron chi connectivity index (χ3n) is 2.35. The normalized spacial score (nSPS) is 9.94. The molecule has 0 amide bonds. The summed E-state index contributed by atoms with van der Waals surface area (Å²) in [6, 6.07) is 4.42. The highest BCUT2D eigenvalue weighted by atomic mass is 19.1. The number of carbonyl (C=O) groups is 1. The van der Waals surface area contributed by atoms with Gasteiger partial charge in [0.15, 0.2) is 11.6 Å². The van der Waals surface area contributed by atoms with Crippen molar-refractivity contribution in [3.05, 3.63) is 24.0 Å². The molecule has 100 valence electrons. The Hall–Kier alpha value is -1.78. The average Bonchev–Trinajstić information content (AvgIpc) is 2.37. The molecule has 0 radical (unpaired) electrons. The van der Waals surface area contributed by atoms with Gasteiger partial charge in [-0.25, -0.2) is 4.39 Å². The molecule has 0 bridgehead atoms. The lowest BCUT2D eigenvalue weighted by atomic mass is 10.3. The third kappa shape index (κ3) is 4.61. The maximum Gasteiger partial charge on any atom is 0.325 e. The van der Waals surface area contributed by atoms with E-state index < -0.39 is 5.82 Å². The van der Waals surface area contributed by atoms with Crippen molar-refractivity contribution in [1.82, 2.24) is 0 Å². The Balaban J connectivity index is 2.39. The van der Waals surface area contributed by atoms with Crippen LogP contribution in [0.1, 0.15) is 19.8 Å². The van der Waals surface area contributed by atoms with E-state index in [1.54, 1.807) is 6.07 Å². The minimum atomic E-state index is -0.471. The minimum Gasteiger partial charge on any atom is -0.494 e. The van der Waals surface area contributed by atoms with Gasteiger partial charge in [0.2, 0.25) is 0 Å². The SMILES string of the molecule is CCCCOC(=O)CNc1ccc(OC)c(F)c1. The van der Waals surface area contributed by atoms with Crippen molar-refractivity contribution in [3.63, 3.8) is 0 Å². The Morgan fingerprint density at radius 1 is 1.44 bits per heavy atom. The van der Waals surface area contributed by atoms with Gasteiger partial charge in [-0.3, -0.25) is 4.79 Å². The van der Waals surface area contributed by atoms with Crippen LogP contribution in [-0.2, 0) is 9.53 Å². The van der Waals surface area contributed by atoms with Crippen LogP contribution in [0.5, 0.6) is 5.75 Å². The van der Waals surface area contributed by atoms with Crippen molar-refractivity contribution < 1.29 is 18.7 Å². The zero-order valence-electron chi connectivity index (χ0n) is 10.7. The van der Waals surface area contributed by atoms with E-state index in [0.717, 1.165) is 12.8 Å². The minimum absolute atomic E-state index is 0.0233. The van der Waals surface area contributed by atoms with Gasteiger partial charge in [-0.05, 0) is 18.6 Å². The van der Waals surface area contributed by atoms with Gasteiger partial charge < -0.3 is 14.8 Å². The van der Waals surface area contributed by atoms with Crippen molar-refractivity contribution in [2.45, 2.75) is 19.8 Å². The monoisotopic (exact) mass is 255 g/mol. The lowest BCUT2D eigenvalue weighted by Crippen LogP contribution is -2.17. The fourth-order valence-corrected chi connectivity index (χ4v) is 1.33. The maximum absolute atomic E-state index is 13.3. The van der Waals surface area contributed by atoms with Gasteiger partial charge >= 0.3 is 5.97 Å². The van der Waals surface area contributed by atoms with Gasteiger partial charge in [-0.2, -0.15) is 0 Å². The standard InChI is InChI=1S/C13H18FNO3/c1-3-4-7-18-13(16)9-15-10-5-6-12(17-2)11(14)8-10/h5-6,8,15H,3-4,7,9H2,1-2H3. The molecule has 0 aliphatic rings. The summed E-state index contributed by atoms with van der Waals surface area (Å²) in [4.78, 5) is 11.3. The Labute approximate surface area is 106 Å². The van der Waals surface area contributed by atoms with Crippen LogP contribution in [0.3, 0.4) is 0 Å². The molecule has 0 aromatic heterocycles. The number of nitrogens with one attached hydrogen (secondary N) is 1. The van der Waals surface area contributed by atoms with E-state index in [2.05, 4.69) is 5.32 Å². The van der Waals surface area contributed by atoms with E-state index in [9.17, 15) is 9.18 Å². The first kappa shape index (κ1) is 14.3. The Morgan fingerprint density at radius 2 is 2.22 bits per heavy atom. The number of methoxy groups -OCH3 is 1. The summed E-state index contributed by atoms with van der Waals surface area (Å²) in [6.07, 6.45) is 1.83. The molecule has 0 atom stereocenters. The van der Waals surface area contributed by atoms with E-state index in [1.165, 1.54) is 19.2 Å². The number of ether oxygens (including phenoxy) is 2. The molecule has 4 nitrogen and oxygen atoms in total. The number of benzene rings is 1. The molecule has 1 N–H and O–H groups in total. The zero-order valence-corrected chi connectivity index (χ0v) is 10.7. The maximum atomic E-state index is 13.3. The van der Waals surface area contributed by atoms with Crippen LogP contribution in [-0.4, -0.2) is 26.2 Å². The number of carbonyl (C=O) groups excluding carboxylic acids is 1. The first-order chi connectivity index (χ1) is 8.67. The van der Waals surface area contributed by atoms with Crippen molar-refractivity contribution in [3.8, 4) is 5.75 Å². The predicted molar refractivity (Wildman–Crippen MR) is 67.3 cm³/mol. The fourth-order valence-electron chi connectivity index (χ4n) is 1.33. The summed E-state index contributed by atoms with van der Waals surface area (Å²) in [5.41, 5.74) is 0.515. The Kier molecular flexibility index (Phi) is 5.97. The zero-order chi connectivity index (χ0) is 13.4. The van der Waals surface area contributed by atoms with E-state index in [1.807, 2.05) is 6.92 Å². The highest BCUT2D eigenvalue weighted by Gasteiger charge is 2.05. The third-order valence-corrected chi connectivity index (χ3v) is 2.35. The highest BCUT2D eigenvalue weighted by molar-refractivity contribution is 5.75. The molecular weight excluding hydrogens is 237 g/mol. The number of halogens is 1. The number of unbranched alkanes of at least 4 members (excludes halogenated alkanes) is 1. The second-order valence-corrected chi connectivity index (χ2v) is 3.78. The highest BCUT2D eigenvalue weighted by Crippen LogP contribution is 2.20. The first-order valence-electron chi connectivity index (χ1n) is 5.90. The Morgan fingerprint density at radius 3 is 2.83 bits per heavy atom. The van der Waals surface area contributed by atoms with Crippen LogP contribution >= 0.6 is 0 Å². The fraction of sp³-hybridized carbons (Fsp3) is 0.462. The van der Waals surface area contributed by atoms with Crippen molar-refractivity contribution in [2.24, 2.45) is 0 Å². The second-order valence-electron chi connectivity index (χ2n) is 3.78. The van der Waals surface area contributed by atoms with Crippen LogP contribution in [0, 0.1) is 5.82 Å². The summed E-state index contributed by atoms with van der Waals surface area (Å²) in [6.45, 7) is 2.47. The molecule has 0 saturated heterocycles. The largest absolute Gasteiger partial charge is 0.494 e. The Bertz CT molecular complexity index is 396. The summed E-state index contributed by atoms with van der Waals surface area (Å²) in [7, 11) is 1.40. The molecular formula is C13H18FNO3. The molecule has 0 spiro atoms. The summed E-state index contributed by atoms with van der Waals surface area (Å²) < 4.78 is 23.1. The molecule has 0 saturated carbocycles. The summed E-state index contributed by atoms with van der Waals surface area (Å²) in [5.74, 6) is -0.646. The quantitative estimate of drug-likeness (QED) is 0.601. The number of rotatable bonds is 7. The van der Waals surface area contributed by atoms with Crippen LogP contribution in [0.2, 0.25) is 0 Å². The number of hydrogen-bond acceptors (Lipinski definition) is 4. The second kappa shape index (κ2) is 7.53. The molecule has 5 heteroatoms. The summed E-state index contributed by atoms with van der Waals surface area (Å²) >= 11 is 0. The molecule has 1 aromatic rings. The van der Waals surface area contributed by atoms with Gasteiger partial charge in [0, 0.05) is 11.8 Å². The van der Waals surface area contributed by atoms with Crippen LogP contribution in [0.4, 0.5) is 10.1 Å². The summed E-state index contributed by atoms with van der Waals surface area (Å²) in [5, 5.41) is 2.79. The lowest BCUT2D eigenvalue weighted by molar-refractivity contribution is -0.141. The molecule has 0 unspecified atom stereocenters. The van der Waals surface area contributed by atoms with E-state index in [0.29, 0.717) is 12.3 Å². The molecule has 0 fully saturated rings. The molecule has 18 heavy (non-hydrogen) atoms. The van der Waals surface area contributed by atoms with Crippen molar-refractivity contribution in [1.29, 1.82) is 0 Å². The number of anilines is 1. The van der Waals surface area contributed by atoms with Crippen molar-refractivity contribution in [2.75, 3.05) is 25.6 Å². The molecule has 0 heterocycles. The number of esters is 1. The van der Waals surface area contributed by atoms with E-state index in [4.69, 9.17) is 9.47 Å². The molecule has 0 aliphatic heterocycles. The van der Waals surface area contributed by atoms with Gasteiger partial charge in [-0.15, -0.1) is 0 Å². The topological polar surface area (TPSA) is 47.6 Å². The molecule has 0 aliphatic carbocycles. The van der Waals surface area contributed by atoms with E-state index >= 15 is 0 Å². The van der Waals surface area contributed by atoms with Crippen LogP contribution < -0.4 is 10.1 Å².